The molecule has 0 unspecified atom stereocenters. The van der Waals surface area contributed by atoms with Crippen molar-refractivity contribution in [2.45, 2.75) is 45.1 Å². The molecule has 13 N–H and O–H groups in total. The number of benzene rings is 2. The molecule has 11 nitrogen and oxygen atoms in total. The Balaban J connectivity index is -0.000000507. The van der Waals surface area contributed by atoms with E-state index in [1.165, 1.54) is 38.5 Å². The third-order valence-corrected chi connectivity index (χ3v) is 6.24. The molecule has 1 aromatic heterocycles. The third kappa shape index (κ3) is 9.26. The summed E-state index contributed by atoms with van der Waals surface area (Å²) >= 11 is 0. The Morgan fingerprint density at radius 1 is 0.632 bits per heavy atom. The summed E-state index contributed by atoms with van der Waals surface area (Å²) in [4.78, 5) is 19.0. The Bertz CT molecular complexity index is 1010. The zero-order valence-corrected chi connectivity index (χ0v) is 23.2. The Kier molecular flexibility index (Phi) is 15.9. The van der Waals surface area contributed by atoms with Gasteiger partial charge >= 0.3 is 0 Å². The van der Waals surface area contributed by atoms with Gasteiger partial charge in [0.15, 0.2) is 0 Å². The first kappa shape index (κ1) is 34.8. The van der Waals surface area contributed by atoms with Crippen LogP contribution < -0.4 is 44.5 Å². The zero-order chi connectivity index (χ0) is 22.3. The van der Waals surface area contributed by atoms with E-state index in [4.69, 9.17) is 19.7 Å². The molecule has 12 heteroatoms. The molecule has 2 aromatic carbocycles. The highest BCUT2D eigenvalue weighted by atomic mass is 35.5. The van der Waals surface area contributed by atoms with Crippen LogP contribution in [-0.4, -0.2) is 41.1 Å². The van der Waals surface area contributed by atoms with Gasteiger partial charge in [-0.15, -0.1) is 12.4 Å². The lowest BCUT2D eigenvalue weighted by molar-refractivity contribution is 0.482. The minimum Gasteiger partial charge on any atom is -0.457 e. The predicted molar refractivity (Wildman–Crippen MR) is 168 cm³/mol. The van der Waals surface area contributed by atoms with Crippen LogP contribution in [0.5, 0.6) is 11.5 Å². The highest BCUT2D eigenvalue weighted by Crippen LogP contribution is 2.24. The van der Waals surface area contributed by atoms with Crippen LogP contribution in [0.15, 0.2) is 54.6 Å². The topological polar surface area (TPSA) is 206 Å². The fourth-order valence-electron chi connectivity index (χ4n) is 4.38. The van der Waals surface area contributed by atoms with Crippen molar-refractivity contribution in [3.63, 3.8) is 0 Å². The van der Waals surface area contributed by atoms with Gasteiger partial charge in [0.1, 0.15) is 11.5 Å². The quantitative estimate of drug-likeness (QED) is 0.195. The summed E-state index contributed by atoms with van der Waals surface area (Å²) < 4.78 is 5.90. The van der Waals surface area contributed by atoms with Crippen LogP contribution in [0.1, 0.15) is 49.8 Å². The maximum Gasteiger partial charge on any atom is 0.231 e. The first-order valence-electron chi connectivity index (χ1n) is 12.2. The van der Waals surface area contributed by atoms with Gasteiger partial charge in [-0.25, -0.2) is 0 Å². The number of para-hydroxylation sites is 1. The van der Waals surface area contributed by atoms with E-state index in [1.54, 1.807) is 0 Å². The SMILES string of the molecule is Cl.N.N.N.N.[HH].[HH].[HH].[HH].c1ccc(Oc2ccc(CNc3nc(N4CCCCC4)nc(N4CCCCC4)n3)cc2)cc1. The number of nitrogens with zero attached hydrogens (tertiary/aromatic N) is 5. The molecule has 0 amide bonds. The van der Waals surface area contributed by atoms with Gasteiger partial charge in [-0.05, 0) is 68.4 Å². The molecule has 3 aromatic rings. The average Bonchev–Trinajstić information content (AvgIpc) is 2.90. The van der Waals surface area contributed by atoms with Crippen LogP contribution in [0, 0.1) is 0 Å². The number of ether oxygens (including phenoxy) is 1. The number of piperidine rings is 2. The highest BCUT2D eigenvalue weighted by molar-refractivity contribution is 5.85. The van der Waals surface area contributed by atoms with E-state index >= 15 is 0 Å². The molecule has 2 aliphatic heterocycles. The van der Waals surface area contributed by atoms with Crippen molar-refractivity contribution in [3.05, 3.63) is 60.2 Å². The minimum absolute atomic E-state index is 0. The summed E-state index contributed by atoms with van der Waals surface area (Å²) in [5.41, 5.74) is 1.15. The van der Waals surface area contributed by atoms with Crippen LogP contribution in [-0.2, 0) is 6.54 Å². The Morgan fingerprint density at radius 2 is 1.11 bits per heavy atom. The predicted octanol–water partition coefficient (Wildman–Crippen LogP) is 7.31. The van der Waals surface area contributed by atoms with Crippen molar-refractivity contribution in [1.29, 1.82) is 0 Å². The van der Waals surface area contributed by atoms with Crippen LogP contribution in [0.2, 0.25) is 0 Å². The summed E-state index contributed by atoms with van der Waals surface area (Å²) in [5.74, 6) is 3.92. The summed E-state index contributed by atoms with van der Waals surface area (Å²) in [7, 11) is 0. The van der Waals surface area contributed by atoms with Gasteiger partial charge < -0.3 is 44.5 Å². The largest absolute Gasteiger partial charge is 0.457 e. The maximum atomic E-state index is 5.90. The van der Waals surface area contributed by atoms with E-state index in [0.717, 1.165) is 55.1 Å². The maximum absolute atomic E-state index is 5.90. The average molecular weight is 557 g/mol. The van der Waals surface area contributed by atoms with Gasteiger partial charge in [-0.1, -0.05) is 30.3 Å². The number of rotatable bonds is 7. The van der Waals surface area contributed by atoms with Crippen molar-refractivity contribution in [2.24, 2.45) is 0 Å². The molecule has 220 valence electrons. The molecule has 0 aliphatic carbocycles. The van der Waals surface area contributed by atoms with Crippen LogP contribution in [0.4, 0.5) is 17.8 Å². The fraction of sp³-hybridized carbons (Fsp3) is 0.423. The second-order valence-electron chi connectivity index (χ2n) is 8.77. The first-order valence-corrected chi connectivity index (χ1v) is 12.2. The van der Waals surface area contributed by atoms with Crippen molar-refractivity contribution in [1.82, 2.24) is 39.6 Å². The number of hydrogen-bond donors (Lipinski definition) is 5. The lowest BCUT2D eigenvalue weighted by Gasteiger charge is -2.30. The van der Waals surface area contributed by atoms with Gasteiger partial charge in [0.25, 0.3) is 0 Å². The lowest BCUT2D eigenvalue weighted by Crippen LogP contribution is -2.34. The molecule has 5 rings (SSSR count). The zero-order valence-electron chi connectivity index (χ0n) is 22.4. The second kappa shape index (κ2) is 17.3. The van der Waals surface area contributed by atoms with Gasteiger partial charge in [0.05, 0.1) is 0 Å². The van der Waals surface area contributed by atoms with Crippen LogP contribution in [0.3, 0.4) is 0 Å². The van der Waals surface area contributed by atoms with Crippen LogP contribution >= 0.6 is 12.4 Å². The molecule has 3 heterocycles. The number of halogens is 1. The van der Waals surface area contributed by atoms with E-state index in [0.29, 0.717) is 12.5 Å². The Hall–Kier alpha value is -3.22. The lowest BCUT2D eigenvalue weighted by atomic mass is 10.1. The number of nitrogens with one attached hydrogen (secondary N) is 1. The molecule has 2 fully saturated rings. The van der Waals surface area contributed by atoms with Crippen molar-refractivity contribution >= 4 is 30.3 Å². The van der Waals surface area contributed by atoms with E-state index in [1.807, 2.05) is 42.5 Å². The van der Waals surface area contributed by atoms with E-state index in [9.17, 15) is 0 Å². The monoisotopic (exact) mass is 556 g/mol. The first-order chi connectivity index (χ1) is 16.3. The molecular formula is C26H53ClN10O. The molecule has 0 saturated carbocycles. The van der Waals surface area contributed by atoms with E-state index in [2.05, 4.69) is 27.2 Å². The molecule has 0 spiro atoms. The number of aromatic nitrogens is 3. The van der Waals surface area contributed by atoms with Crippen molar-refractivity contribution in [2.75, 3.05) is 41.3 Å². The minimum atomic E-state index is 0. The Labute approximate surface area is 238 Å². The van der Waals surface area contributed by atoms with E-state index < -0.39 is 0 Å². The Morgan fingerprint density at radius 3 is 1.61 bits per heavy atom. The smallest absolute Gasteiger partial charge is 0.231 e. The molecular weight excluding hydrogens is 504 g/mol. The fourth-order valence-corrected chi connectivity index (χ4v) is 4.38. The second-order valence-corrected chi connectivity index (χ2v) is 8.77. The van der Waals surface area contributed by atoms with Crippen LogP contribution in [0.25, 0.3) is 0 Å². The van der Waals surface area contributed by atoms with Gasteiger partial charge in [-0.2, -0.15) is 15.0 Å². The molecule has 2 saturated heterocycles. The van der Waals surface area contributed by atoms with Gasteiger partial charge in [0.2, 0.25) is 17.8 Å². The van der Waals surface area contributed by atoms with Gasteiger partial charge in [-0.3, -0.25) is 0 Å². The summed E-state index contributed by atoms with van der Waals surface area (Å²) in [6, 6.07) is 18.0. The summed E-state index contributed by atoms with van der Waals surface area (Å²) in [6.07, 6.45) is 7.37. The molecule has 0 atom stereocenters. The molecule has 0 bridgehead atoms. The molecule has 38 heavy (non-hydrogen) atoms. The summed E-state index contributed by atoms with van der Waals surface area (Å²) in [5, 5.41) is 3.43. The van der Waals surface area contributed by atoms with Crippen molar-refractivity contribution in [3.8, 4) is 11.5 Å². The third-order valence-electron chi connectivity index (χ3n) is 6.24. The standard InChI is InChI=1S/C26H32N6O.ClH.4H3N.4H2/c1-4-10-22(11-5-1)33-23-14-12-21(13-15-23)20-27-24-28-25(31-16-6-2-7-17-31)30-26(29-24)32-18-8-3-9-19-32;;;;;;;;;/h1,4-5,10-15H,2-3,6-9,16-20H2,(H,27,28,29,30);1H;4*1H3;4*1H. The van der Waals surface area contributed by atoms with E-state index in [-0.39, 0.29) is 42.7 Å². The normalized spacial score (nSPS) is 14.3. The molecule has 0 radical (unpaired) electrons. The number of anilines is 3. The highest BCUT2D eigenvalue weighted by Gasteiger charge is 2.20. The summed E-state index contributed by atoms with van der Waals surface area (Å²) in [6.45, 7) is 4.73. The van der Waals surface area contributed by atoms with Gasteiger partial charge in [0, 0.05) is 38.4 Å². The number of hydrogen-bond acceptors (Lipinski definition) is 11. The van der Waals surface area contributed by atoms with Crippen molar-refractivity contribution < 1.29 is 10.4 Å². The molecule has 2 aliphatic rings.